The van der Waals surface area contributed by atoms with Gasteiger partial charge < -0.3 is 4.74 Å². The van der Waals surface area contributed by atoms with Gasteiger partial charge in [0, 0.05) is 5.56 Å². The van der Waals surface area contributed by atoms with Crippen molar-refractivity contribution in [3.63, 3.8) is 0 Å². The maximum Gasteiger partial charge on any atom is 0.343 e. The number of benzene rings is 1. The minimum absolute atomic E-state index is 0.000377. The molecule has 1 heterocycles. The smallest absolute Gasteiger partial charge is 0.343 e. The molecule has 0 unspecified atom stereocenters. The largest absolute Gasteiger partial charge is 0.467 e. The Hall–Kier alpha value is -3.23. The van der Waals surface area contributed by atoms with Crippen LogP contribution in [0, 0.1) is 18.8 Å². The molecule has 2 aromatic rings. The molecule has 26 heavy (non-hydrogen) atoms. The molecule has 0 bridgehead atoms. The molecule has 0 fully saturated rings. The maximum atomic E-state index is 12.6. The molecule has 3 N–H and O–H groups in total. The van der Waals surface area contributed by atoms with E-state index in [1.54, 1.807) is 32.0 Å². The lowest BCUT2D eigenvalue weighted by Gasteiger charge is -2.21. The molecule has 1 aromatic carbocycles. The highest BCUT2D eigenvalue weighted by Crippen LogP contribution is 2.22. The van der Waals surface area contributed by atoms with Crippen LogP contribution >= 0.6 is 0 Å². The van der Waals surface area contributed by atoms with E-state index >= 15 is 0 Å². The number of aryl methyl sites for hydroxylation is 1. The Morgan fingerprint density at radius 1 is 1.27 bits per heavy atom. The summed E-state index contributed by atoms with van der Waals surface area (Å²) >= 11 is 0. The van der Waals surface area contributed by atoms with E-state index in [4.69, 9.17) is 9.88 Å². The molecule has 0 aliphatic heterocycles. The molecule has 0 saturated heterocycles. The number of nitrogens with zero attached hydrogens (tertiary/aromatic N) is 4. The van der Waals surface area contributed by atoms with Gasteiger partial charge in [0.05, 0.1) is 12.8 Å². The molecule has 0 saturated carbocycles. The number of carbonyl (C=O) groups is 1. The van der Waals surface area contributed by atoms with Gasteiger partial charge >= 0.3 is 22.3 Å². The van der Waals surface area contributed by atoms with Crippen molar-refractivity contribution in [2.24, 2.45) is 5.14 Å². The summed E-state index contributed by atoms with van der Waals surface area (Å²) < 4.78 is 29.3. The molecule has 0 spiro atoms. The van der Waals surface area contributed by atoms with Crippen LogP contribution in [0.5, 0.6) is 6.01 Å². The zero-order valence-corrected chi connectivity index (χ0v) is 15.0. The predicted molar refractivity (Wildman–Crippen MR) is 94.7 cm³/mol. The second-order valence-electron chi connectivity index (χ2n) is 4.82. The summed E-state index contributed by atoms with van der Waals surface area (Å²) in [7, 11) is -3.11. The van der Waals surface area contributed by atoms with E-state index in [-0.39, 0.29) is 23.5 Å². The summed E-state index contributed by atoms with van der Waals surface area (Å²) in [6.45, 7) is 3.14. The first-order valence-electron chi connectivity index (χ1n) is 7.18. The summed E-state index contributed by atoms with van der Waals surface area (Å²) in [4.78, 5) is 24.2. The Morgan fingerprint density at radius 2 is 1.96 bits per heavy atom. The maximum absolute atomic E-state index is 12.6. The molecule has 2 rings (SSSR count). The van der Waals surface area contributed by atoms with Crippen LogP contribution < -0.4 is 19.5 Å². The third-order valence-corrected chi connectivity index (χ3v) is 3.82. The lowest BCUT2D eigenvalue weighted by atomic mass is 10.2. The number of hydrogen-bond acceptors (Lipinski definition) is 7. The minimum atomic E-state index is -4.45. The first-order valence-corrected chi connectivity index (χ1v) is 8.69. The molecule has 0 radical (unpaired) electrons. The van der Waals surface area contributed by atoms with Gasteiger partial charge in [-0.3, -0.25) is 5.32 Å². The van der Waals surface area contributed by atoms with Gasteiger partial charge in [-0.2, -0.15) is 27.7 Å². The molecule has 0 atom stereocenters. The Kier molecular flexibility index (Phi) is 5.71. The molecular formula is C15H16N6O4S. The number of urea groups is 1. The lowest BCUT2D eigenvalue weighted by Crippen LogP contribution is -2.44. The SMILES string of the molecule is CC#Cc1ccccc1N(C(=O)Nc1nc(C)nc(OC)n1)S(N)(=O)=O. The third kappa shape index (κ3) is 4.44. The summed E-state index contributed by atoms with van der Waals surface area (Å²) in [5.41, 5.74) is 0.308. The van der Waals surface area contributed by atoms with Crippen LogP contribution in [0.3, 0.4) is 0 Å². The Balaban J connectivity index is 2.47. The van der Waals surface area contributed by atoms with Crippen LogP contribution in [-0.2, 0) is 10.2 Å². The highest BCUT2D eigenvalue weighted by molar-refractivity contribution is 7.91. The fourth-order valence-electron chi connectivity index (χ4n) is 2.00. The van der Waals surface area contributed by atoms with Gasteiger partial charge in [-0.1, -0.05) is 18.1 Å². The number of aromatic nitrogens is 3. The van der Waals surface area contributed by atoms with Crippen LogP contribution in [0.15, 0.2) is 24.3 Å². The van der Waals surface area contributed by atoms with Crippen molar-refractivity contribution in [2.75, 3.05) is 16.7 Å². The van der Waals surface area contributed by atoms with Gasteiger partial charge in [0.1, 0.15) is 5.82 Å². The number of methoxy groups -OCH3 is 1. The van der Waals surface area contributed by atoms with Gasteiger partial charge in [-0.25, -0.2) is 9.93 Å². The van der Waals surface area contributed by atoms with E-state index in [2.05, 4.69) is 32.1 Å². The summed E-state index contributed by atoms with van der Waals surface area (Å²) in [5, 5.41) is 7.50. The van der Waals surface area contributed by atoms with Gasteiger partial charge in [-0.05, 0) is 26.0 Å². The number of ether oxygens (including phenoxy) is 1. The lowest BCUT2D eigenvalue weighted by molar-refractivity contribution is 0.259. The van der Waals surface area contributed by atoms with Crippen molar-refractivity contribution < 1.29 is 17.9 Å². The first-order chi connectivity index (χ1) is 12.3. The van der Waals surface area contributed by atoms with E-state index in [0.717, 1.165) is 0 Å². The number of carbonyl (C=O) groups excluding carboxylic acids is 1. The van der Waals surface area contributed by atoms with Crippen molar-refractivity contribution in [1.82, 2.24) is 15.0 Å². The fourth-order valence-corrected chi connectivity index (χ4v) is 2.71. The van der Waals surface area contributed by atoms with E-state index in [0.29, 0.717) is 9.87 Å². The zero-order chi connectivity index (χ0) is 19.3. The van der Waals surface area contributed by atoms with Crippen molar-refractivity contribution in [2.45, 2.75) is 13.8 Å². The fraction of sp³-hybridized carbons (Fsp3) is 0.200. The van der Waals surface area contributed by atoms with E-state index in [1.165, 1.54) is 13.2 Å². The van der Waals surface area contributed by atoms with Gasteiger partial charge in [0.25, 0.3) is 0 Å². The van der Waals surface area contributed by atoms with Crippen molar-refractivity contribution in [3.8, 4) is 17.9 Å². The Bertz CT molecular complexity index is 997. The minimum Gasteiger partial charge on any atom is -0.467 e. The number of para-hydroxylation sites is 1. The molecular weight excluding hydrogens is 360 g/mol. The average Bonchev–Trinajstić information content (AvgIpc) is 2.55. The molecule has 1 aromatic heterocycles. The topological polar surface area (TPSA) is 140 Å². The number of rotatable bonds is 4. The second-order valence-corrected chi connectivity index (χ2v) is 6.22. The van der Waals surface area contributed by atoms with Gasteiger partial charge in [0.2, 0.25) is 5.95 Å². The summed E-state index contributed by atoms with van der Waals surface area (Å²) in [5.74, 6) is 5.45. The van der Waals surface area contributed by atoms with E-state index < -0.39 is 16.2 Å². The highest BCUT2D eigenvalue weighted by Gasteiger charge is 2.28. The summed E-state index contributed by atoms with van der Waals surface area (Å²) in [6.07, 6.45) is 0. The number of nitrogens with two attached hydrogens (primary N) is 1. The normalized spacial score (nSPS) is 10.5. The average molecular weight is 376 g/mol. The summed E-state index contributed by atoms with van der Waals surface area (Å²) in [6, 6.07) is 5.06. The molecule has 2 amide bonds. The van der Waals surface area contributed by atoms with Crippen molar-refractivity contribution in [3.05, 3.63) is 35.7 Å². The van der Waals surface area contributed by atoms with Crippen LogP contribution in [-0.4, -0.2) is 36.5 Å². The molecule has 0 aliphatic carbocycles. The Morgan fingerprint density at radius 3 is 2.58 bits per heavy atom. The predicted octanol–water partition coefficient (Wildman–Crippen LogP) is 0.802. The van der Waals surface area contributed by atoms with Crippen LogP contribution in [0.4, 0.5) is 16.4 Å². The van der Waals surface area contributed by atoms with Crippen LogP contribution in [0.25, 0.3) is 0 Å². The van der Waals surface area contributed by atoms with Crippen LogP contribution in [0.1, 0.15) is 18.3 Å². The van der Waals surface area contributed by atoms with E-state index in [9.17, 15) is 13.2 Å². The Labute approximate surface area is 150 Å². The monoisotopic (exact) mass is 376 g/mol. The first kappa shape index (κ1) is 19.1. The van der Waals surface area contributed by atoms with Crippen molar-refractivity contribution >= 4 is 27.9 Å². The van der Waals surface area contributed by atoms with Crippen LogP contribution in [0.2, 0.25) is 0 Å². The zero-order valence-electron chi connectivity index (χ0n) is 14.2. The van der Waals surface area contributed by atoms with E-state index in [1.807, 2.05) is 0 Å². The van der Waals surface area contributed by atoms with Crippen molar-refractivity contribution in [1.29, 1.82) is 0 Å². The number of hydrogen-bond donors (Lipinski definition) is 2. The molecule has 0 aliphatic rings. The van der Waals surface area contributed by atoms with Gasteiger partial charge in [0.15, 0.2) is 0 Å². The standard InChI is InChI=1S/C15H16N6O4S/c1-4-7-11-8-5-6-9-12(11)21(26(16,23)24)15(22)20-13-17-10(2)18-14(19-13)25-3/h5-6,8-9H,1-3H3,(H2,16,23,24)(H,17,18,19,20,22). The third-order valence-electron chi connectivity index (χ3n) is 2.95. The highest BCUT2D eigenvalue weighted by atomic mass is 32.2. The molecule has 136 valence electrons. The molecule has 11 heteroatoms. The quantitative estimate of drug-likeness (QED) is 0.752. The second kappa shape index (κ2) is 7.77. The number of amides is 2. The number of anilines is 2. The number of nitrogens with one attached hydrogen (secondary N) is 1. The van der Waals surface area contributed by atoms with Gasteiger partial charge in [-0.15, -0.1) is 5.92 Å². The molecule has 10 nitrogen and oxygen atoms in total.